The molecule has 0 fully saturated rings. The van der Waals surface area contributed by atoms with Gasteiger partial charge >= 0.3 is 0 Å². The third-order valence-electron chi connectivity index (χ3n) is 2.50. The molecule has 0 saturated carbocycles. The summed E-state index contributed by atoms with van der Waals surface area (Å²) in [6, 6.07) is 5.20. The number of methoxy groups -OCH3 is 1. The predicted molar refractivity (Wildman–Crippen MR) is 71.0 cm³/mol. The molecule has 1 rings (SSSR count). The molecule has 0 aromatic heterocycles. The van der Waals surface area contributed by atoms with Crippen LogP contribution in [0.2, 0.25) is 5.02 Å². The van der Waals surface area contributed by atoms with Gasteiger partial charge in [0, 0.05) is 23.7 Å². The molecule has 5 heteroatoms. The van der Waals surface area contributed by atoms with Crippen LogP contribution in [0.5, 0.6) is 5.75 Å². The maximum Gasteiger partial charge on any atom is 0.224 e. The monoisotopic (exact) mass is 271 g/mol. The Kier molecular flexibility index (Phi) is 6.54. The smallest absolute Gasteiger partial charge is 0.224 e. The van der Waals surface area contributed by atoms with Gasteiger partial charge in [-0.3, -0.25) is 4.79 Å². The van der Waals surface area contributed by atoms with Crippen LogP contribution in [0, 0.1) is 0 Å². The van der Waals surface area contributed by atoms with Gasteiger partial charge in [-0.2, -0.15) is 0 Å². The molecular weight excluding hydrogens is 254 g/mol. The number of ether oxygens (including phenoxy) is 1. The average molecular weight is 272 g/mol. The fourth-order valence-corrected chi connectivity index (χ4v) is 1.78. The van der Waals surface area contributed by atoms with Crippen molar-refractivity contribution in [1.29, 1.82) is 0 Å². The van der Waals surface area contributed by atoms with E-state index in [1.807, 2.05) is 0 Å². The van der Waals surface area contributed by atoms with E-state index in [-0.39, 0.29) is 18.9 Å². The molecule has 0 aliphatic heterocycles. The normalized spacial score (nSPS) is 10.2. The van der Waals surface area contributed by atoms with Crippen LogP contribution < -0.4 is 10.1 Å². The highest BCUT2D eigenvalue weighted by Crippen LogP contribution is 2.22. The number of rotatable bonds is 7. The Bertz CT molecular complexity index is 396. The largest absolute Gasteiger partial charge is 0.496 e. The first kappa shape index (κ1) is 14.8. The first-order valence-corrected chi connectivity index (χ1v) is 6.25. The number of carbonyl (C=O) groups is 1. The molecule has 0 unspecified atom stereocenters. The van der Waals surface area contributed by atoms with Crippen LogP contribution in [0.25, 0.3) is 0 Å². The third-order valence-corrected chi connectivity index (χ3v) is 2.74. The molecular formula is C13H18ClNO3. The summed E-state index contributed by atoms with van der Waals surface area (Å²) < 4.78 is 5.17. The lowest BCUT2D eigenvalue weighted by Crippen LogP contribution is -2.26. The fourth-order valence-electron chi connectivity index (χ4n) is 1.59. The SMILES string of the molecule is COc1ccc(Cl)cc1CC(=O)NCCCCO. The Morgan fingerprint density at radius 2 is 2.22 bits per heavy atom. The summed E-state index contributed by atoms with van der Waals surface area (Å²) in [6.07, 6.45) is 1.71. The number of benzene rings is 1. The van der Waals surface area contributed by atoms with Gasteiger partial charge in [-0.15, -0.1) is 0 Å². The van der Waals surface area contributed by atoms with E-state index in [1.54, 1.807) is 25.3 Å². The number of halogens is 1. The molecule has 1 aromatic rings. The number of hydrogen-bond donors (Lipinski definition) is 2. The second kappa shape index (κ2) is 7.95. The van der Waals surface area contributed by atoms with Crippen molar-refractivity contribution in [3.05, 3.63) is 28.8 Å². The lowest BCUT2D eigenvalue weighted by molar-refractivity contribution is -0.120. The summed E-state index contributed by atoms with van der Waals surface area (Å²) in [5.74, 6) is 0.582. The minimum absolute atomic E-state index is 0.0755. The van der Waals surface area contributed by atoms with Crippen LogP contribution in [-0.2, 0) is 11.2 Å². The molecule has 1 amide bonds. The zero-order valence-corrected chi connectivity index (χ0v) is 11.2. The molecule has 18 heavy (non-hydrogen) atoms. The standard InChI is InChI=1S/C13H18ClNO3/c1-18-12-5-4-11(14)8-10(12)9-13(17)15-6-2-3-7-16/h4-5,8,16H,2-3,6-7,9H2,1H3,(H,15,17). The molecule has 0 saturated heterocycles. The Hall–Kier alpha value is -1.26. The van der Waals surface area contributed by atoms with Crippen molar-refractivity contribution < 1.29 is 14.6 Å². The minimum atomic E-state index is -0.0755. The first-order valence-electron chi connectivity index (χ1n) is 5.87. The van der Waals surface area contributed by atoms with E-state index in [0.29, 0.717) is 23.7 Å². The first-order chi connectivity index (χ1) is 8.67. The highest BCUT2D eigenvalue weighted by Gasteiger charge is 2.08. The van der Waals surface area contributed by atoms with E-state index in [1.165, 1.54) is 0 Å². The highest BCUT2D eigenvalue weighted by molar-refractivity contribution is 6.30. The Balaban J connectivity index is 2.50. The average Bonchev–Trinajstić information content (AvgIpc) is 2.35. The second-order valence-electron chi connectivity index (χ2n) is 3.91. The molecule has 0 aliphatic rings. The number of aliphatic hydroxyl groups excluding tert-OH is 1. The number of carbonyl (C=O) groups excluding carboxylic acids is 1. The molecule has 0 aliphatic carbocycles. The van der Waals surface area contributed by atoms with E-state index in [9.17, 15) is 4.79 Å². The molecule has 4 nitrogen and oxygen atoms in total. The van der Waals surface area contributed by atoms with E-state index >= 15 is 0 Å². The van der Waals surface area contributed by atoms with Crippen LogP contribution in [0.4, 0.5) is 0 Å². The number of hydrogen-bond acceptors (Lipinski definition) is 3. The van der Waals surface area contributed by atoms with Crippen LogP contribution in [0.1, 0.15) is 18.4 Å². The van der Waals surface area contributed by atoms with Crippen LogP contribution in [0.3, 0.4) is 0 Å². The van der Waals surface area contributed by atoms with Gasteiger partial charge in [0.2, 0.25) is 5.91 Å². The molecule has 0 atom stereocenters. The van der Waals surface area contributed by atoms with Gasteiger partial charge in [-0.1, -0.05) is 11.6 Å². The molecule has 100 valence electrons. The Labute approximate surface area is 112 Å². The van der Waals surface area contributed by atoms with Crippen molar-refractivity contribution in [2.45, 2.75) is 19.3 Å². The number of nitrogens with one attached hydrogen (secondary N) is 1. The summed E-state index contributed by atoms with van der Waals surface area (Å²) in [5.41, 5.74) is 0.768. The molecule has 0 radical (unpaired) electrons. The van der Waals surface area contributed by atoms with E-state index < -0.39 is 0 Å². The maximum absolute atomic E-state index is 11.7. The van der Waals surface area contributed by atoms with Crippen LogP contribution >= 0.6 is 11.6 Å². The zero-order chi connectivity index (χ0) is 13.4. The van der Waals surface area contributed by atoms with Crippen molar-refractivity contribution in [3.8, 4) is 5.75 Å². The van der Waals surface area contributed by atoms with E-state index in [4.69, 9.17) is 21.4 Å². The van der Waals surface area contributed by atoms with Gasteiger partial charge < -0.3 is 15.2 Å². The van der Waals surface area contributed by atoms with Crippen molar-refractivity contribution in [2.75, 3.05) is 20.3 Å². The lowest BCUT2D eigenvalue weighted by atomic mass is 10.1. The summed E-state index contributed by atoms with van der Waals surface area (Å²) >= 11 is 5.89. The lowest BCUT2D eigenvalue weighted by Gasteiger charge is -2.09. The van der Waals surface area contributed by atoms with Crippen LogP contribution in [0.15, 0.2) is 18.2 Å². The molecule has 1 aromatic carbocycles. The Morgan fingerprint density at radius 3 is 2.89 bits per heavy atom. The topological polar surface area (TPSA) is 58.6 Å². The summed E-state index contributed by atoms with van der Waals surface area (Å²) in [7, 11) is 1.56. The van der Waals surface area contributed by atoms with Crippen LogP contribution in [-0.4, -0.2) is 31.3 Å². The van der Waals surface area contributed by atoms with Crippen molar-refractivity contribution in [2.24, 2.45) is 0 Å². The summed E-state index contributed by atoms with van der Waals surface area (Å²) in [6.45, 7) is 0.722. The molecule has 0 bridgehead atoms. The summed E-state index contributed by atoms with van der Waals surface area (Å²) in [4.78, 5) is 11.7. The fraction of sp³-hybridized carbons (Fsp3) is 0.462. The number of amides is 1. The van der Waals surface area contributed by atoms with Gasteiger partial charge in [0.05, 0.1) is 13.5 Å². The third kappa shape index (κ3) is 4.94. The highest BCUT2D eigenvalue weighted by atomic mass is 35.5. The van der Waals surface area contributed by atoms with Crippen molar-refractivity contribution >= 4 is 17.5 Å². The quantitative estimate of drug-likeness (QED) is 0.743. The van der Waals surface area contributed by atoms with Crippen molar-refractivity contribution in [1.82, 2.24) is 5.32 Å². The molecule has 0 heterocycles. The number of unbranched alkanes of at least 4 members (excludes halogenated alkanes) is 1. The van der Waals surface area contributed by atoms with Gasteiger partial charge in [0.25, 0.3) is 0 Å². The van der Waals surface area contributed by atoms with Gasteiger partial charge in [0.1, 0.15) is 5.75 Å². The number of aliphatic hydroxyl groups is 1. The molecule has 0 spiro atoms. The van der Waals surface area contributed by atoms with Gasteiger partial charge in [0.15, 0.2) is 0 Å². The van der Waals surface area contributed by atoms with Crippen molar-refractivity contribution in [3.63, 3.8) is 0 Å². The molecule has 2 N–H and O–H groups in total. The maximum atomic E-state index is 11.7. The minimum Gasteiger partial charge on any atom is -0.496 e. The predicted octanol–water partition coefficient (Wildman–Crippen LogP) is 1.78. The van der Waals surface area contributed by atoms with E-state index in [2.05, 4.69) is 5.32 Å². The zero-order valence-electron chi connectivity index (χ0n) is 10.4. The van der Waals surface area contributed by atoms with Gasteiger partial charge in [-0.25, -0.2) is 0 Å². The van der Waals surface area contributed by atoms with Gasteiger partial charge in [-0.05, 0) is 31.0 Å². The summed E-state index contributed by atoms with van der Waals surface area (Å²) in [5, 5.41) is 12.0. The Morgan fingerprint density at radius 1 is 1.44 bits per heavy atom. The second-order valence-corrected chi connectivity index (χ2v) is 4.35. The van der Waals surface area contributed by atoms with E-state index in [0.717, 1.165) is 12.0 Å².